The van der Waals surface area contributed by atoms with E-state index in [-0.39, 0.29) is 6.61 Å². The zero-order valence-corrected chi connectivity index (χ0v) is 9.75. The molecule has 4 heteroatoms. The molecule has 0 aromatic carbocycles. The third-order valence-corrected chi connectivity index (χ3v) is 2.82. The van der Waals surface area contributed by atoms with Crippen molar-refractivity contribution in [2.75, 3.05) is 20.3 Å². The lowest BCUT2D eigenvalue weighted by molar-refractivity contribution is -0.0415. The van der Waals surface area contributed by atoms with E-state index in [4.69, 9.17) is 15.9 Å². The Bertz CT molecular complexity index is 264. The summed E-state index contributed by atoms with van der Waals surface area (Å²) in [6, 6.07) is 0. The maximum atomic E-state index is 10.8. The fraction of sp³-hybridized carbons (Fsp3) is 0.750. The van der Waals surface area contributed by atoms with Gasteiger partial charge in [-0.15, -0.1) is 6.42 Å². The van der Waals surface area contributed by atoms with Crippen molar-refractivity contribution in [3.05, 3.63) is 0 Å². The number of ether oxygens (including phenoxy) is 2. The second kappa shape index (κ2) is 6.39. The molecule has 90 valence electrons. The molecular weight excluding hydrogens is 206 g/mol. The summed E-state index contributed by atoms with van der Waals surface area (Å²) in [6.45, 7) is 0.598. The number of terminal acetylenes is 1. The molecule has 1 rings (SSSR count). The Balaban J connectivity index is 2.24. The van der Waals surface area contributed by atoms with Gasteiger partial charge in [0.1, 0.15) is 12.2 Å². The summed E-state index contributed by atoms with van der Waals surface area (Å²) in [7, 11) is 1.52. The Labute approximate surface area is 96.7 Å². The third kappa shape index (κ3) is 3.74. The Hall–Kier alpha value is -1.21. The number of carbonyl (C=O) groups is 1. The fourth-order valence-corrected chi connectivity index (χ4v) is 1.90. The van der Waals surface area contributed by atoms with Gasteiger partial charge in [0.05, 0.1) is 6.61 Å². The summed E-state index contributed by atoms with van der Waals surface area (Å²) >= 11 is 0. The van der Waals surface area contributed by atoms with Gasteiger partial charge in [0, 0.05) is 7.05 Å². The van der Waals surface area contributed by atoms with E-state index in [1.807, 2.05) is 0 Å². The minimum Gasteiger partial charge on any atom is -0.447 e. The van der Waals surface area contributed by atoms with E-state index < -0.39 is 11.7 Å². The van der Waals surface area contributed by atoms with Crippen LogP contribution >= 0.6 is 0 Å². The average Bonchev–Trinajstić information content (AvgIpc) is 2.35. The monoisotopic (exact) mass is 225 g/mol. The Kier molecular flexibility index (Phi) is 5.13. The Morgan fingerprint density at radius 2 is 2.06 bits per heavy atom. The molecule has 1 fully saturated rings. The molecule has 0 unspecified atom stereocenters. The summed E-state index contributed by atoms with van der Waals surface area (Å²) < 4.78 is 10.5. The highest BCUT2D eigenvalue weighted by atomic mass is 16.6. The van der Waals surface area contributed by atoms with E-state index in [2.05, 4.69) is 11.2 Å². The van der Waals surface area contributed by atoms with Crippen LogP contribution in [-0.2, 0) is 9.47 Å². The first-order valence-corrected chi connectivity index (χ1v) is 5.69. The van der Waals surface area contributed by atoms with E-state index in [0.29, 0.717) is 6.61 Å². The van der Waals surface area contributed by atoms with Crippen molar-refractivity contribution in [1.29, 1.82) is 0 Å². The van der Waals surface area contributed by atoms with Crippen LogP contribution in [0, 0.1) is 12.3 Å². The van der Waals surface area contributed by atoms with Gasteiger partial charge in [-0.05, 0) is 25.7 Å². The van der Waals surface area contributed by atoms with E-state index in [9.17, 15) is 4.79 Å². The minimum atomic E-state index is -0.443. The Morgan fingerprint density at radius 1 is 1.38 bits per heavy atom. The summed E-state index contributed by atoms with van der Waals surface area (Å²) in [5.41, 5.74) is -0.426. The summed E-state index contributed by atoms with van der Waals surface area (Å²) in [4.78, 5) is 10.8. The van der Waals surface area contributed by atoms with Crippen LogP contribution in [0.15, 0.2) is 0 Å². The van der Waals surface area contributed by atoms with Crippen LogP contribution in [-0.4, -0.2) is 32.0 Å². The molecule has 0 aromatic rings. The molecule has 1 aliphatic carbocycles. The van der Waals surface area contributed by atoms with Crippen LogP contribution in [0.5, 0.6) is 0 Å². The smallest absolute Gasteiger partial charge is 0.406 e. The second-order valence-corrected chi connectivity index (χ2v) is 3.93. The molecule has 16 heavy (non-hydrogen) atoms. The second-order valence-electron chi connectivity index (χ2n) is 3.93. The molecule has 1 amide bonds. The first-order chi connectivity index (χ1) is 7.72. The largest absolute Gasteiger partial charge is 0.447 e. The highest BCUT2D eigenvalue weighted by molar-refractivity contribution is 5.66. The third-order valence-electron chi connectivity index (χ3n) is 2.82. The van der Waals surface area contributed by atoms with Crippen LogP contribution in [0.1, 0.15) is 32.1 Å². The molecule has 4 nitrogen and oxygen atoms in total. The first kappa shape index (κ1) is 12.9. The van der Waals surface area contributed by atoms with Gasteiger partial charge in [0.25, 0.3) is 0 Å². The summed E-state index contributed by atoms with van der Waals surface area (Å²) in [5, 5.41) is 2.37. The Morgan fingerprint density at radius 3 is 2.62 bits per heavy atom. The fourth-order valence-electron chi connectivity index (χ4n) is 1.90. The molecule has 0 radical (unpaired) electrons. The van der Waals surface area contributed by atoms with Crippen LogP contribution in [0.25, 0.3) is 0 Å². The van der Waals surface area contributed by atoms with Crippen molar-refractivity contribution in [2.45, 2.75) is 37.7 Å². The van der Waals surface area contributed by atoms with Crippen molar-refractivity contribution in [1.82, 2.24) is 5.32 Å². The van der Waals surface area contributed by atoms with Gasteiger partial charge >= 0.3 is 6.09 Å². The molecule has 0 aliphatic heterocycles. The van der Waals surface area contributed by atoms with Crippen LogP contribution < -0.4 is 5.32 Å². The van der Waals surface area contributed by atoms with Crippen molar-refractivity contribution >= 4 is 6.09 Å². The van der Waals surface area contributed by atoms with Crippen molar-refractivity contribution < 1.29 is 14.3 Å². The van der Waals surface area contributed by atoms with Crippen LogP contribution in [0.4, 0.5) is 4.79 Å². The van der Waals surface area contributed by atoms with Gasteiger partial charge in [-0.1, -0.05) is 12.3 Å². The average molecular weight is 225 g/mol. The highest BCUT2D eigenvalue weighted by Crippen LogP contribution is 2.30. The van der Waals surface area contributed by atoms with Crippen LogP contribution in [0.2, 0.25) is 0 Å². The van der Waals surface area contributed by atoms with Gasteiger partial charge in [0.15, 0.2) is 0 Å². The van der Waals surface area contributed by atoms with E-state index >= 15 is 0 Å². The standard InChI is InChI=1S/C12H19NO3/c1-3-12(7-5-4-6-8-12)16-10-9-15-11(14)13-2/h1H,4-10H2,2H3,(H,13,14). The van der Waals surface area contributed by atoms with Crippen molar-refractivity contribution in [3.63, 3.8) is 0 Å². The molecule has 0 heterocycles. The van der Waals surface area contributed by atoms with Gasteiger partial charge in [-0.2, -0.15) is 0 Å². The lowest BCUT2D eigenvalue weighted by Crippen LogP contribution is -2.35. The molecule has 0 bridgehead atoms. The van der Waals surface area contributed by atoms with Gasteiger partial charge in [0.2, 0.25) is 0 Å². The summed E-state index contributed by atoms with van der Waals surface area (Å²) in [6.07, 6.45) is 10.3. The highest BCUT2D eigenvalue weighted by Gasteiger charge is 2.30. The first-order valence-electron chi connectivity index (χ1n) is 5.69. The van der Waals surface area contributed by atoms with Crippen molar-refractivity contribution in [2.24, 2.45) is 0 Å². The van der Waals surface area contributed by atoms with Crippen LogP contribution in [0.3, 0.4) is 0 Å². The maximum absolute atomic E-state index is 10.8. The molecule has 0 spiro atoms. The topological polar surface area (TPSA) is 47.6 Å². The molecule has 1 saturated carbocycles. The van der Waals surface area contributed by atoms with E-state index in [1.54, 1.807) is 0 Å². The lowest BCUT2D eigenvalue weighted by atomic mass is 9.85. The predicted octanol–water partition coefficient (Wildman–Crippen LogP) is 1.70. The predicted molar refractivity (Wildman–Crippen MR) is 61.0 cm³/mol. The van der Waals surface area contributed by atoms with Gasteiger partial charge in [-0.3, -0.25) is 0 Å². The number of rotatable bonds is 4. The number of alkyl carbamates (subject to hydrolysis) is 1. The normalized spacial score (nSPS) is 18.5. The van der Waals surface area contributed by atoms with E-state index in [1.165, 1.54) is 13.5 Å². The molecular formula is C12H19NO3. The molecule has 1 N–H and O–H groups in total. The van der Waals surface area contributed by atoms with E-state index in [0.717, 1.165) is 25.7 Å². The lowest BCUT2D eigenvalue weighted by Gasteiger charge is -2.32. The SMILES string of the molecule is C#CC1(OCCOC(=O)NC)CCCCC1. The number of nitrogens with one attached hydrogen (secondary N) is 1. The molecule has 1 aliphatic rings. The van der Waals surface area contributed by atoms with Crippen molar-refractivity contribution in [3.8, 4) is 12.3 Å². The number of hydrogen-bond acceptors (Lipinski definition) is 3. The maximum Gasteiger partial charge on any atom is 0.406 e. The minimum absolute atomic E-state index is 0.239. The molecule has 0 saturated heterocycles. The zero-order valence-electron chi connectivity index (χ0n) is 9.75. The molecule has 0 aromatic heterocycles. The number of hydrogen-bond donors (Lipinski definition) is 1. The number of carbonyl (C=O) groups excluding carboxylic acids is 1. The van der Waals surface area contributed by atoms with Gasteiger partial charge in [-0.25, -0.2) is 4.79 Å². The number of amides is 1. The quantitative estimate of drug-likeness (QED) is 0.585. The summed E-state index contributed by atoms with van der Waals surface area (Å²) in [5.74, 6) is 2.74. The van der Waals surface area contributed by atoms with Gasteiger partial charge < -0.3 is 14.8 Å². The zero-order chi connectivity index (χ0) is 11.9. The molecule has 0 atom stereocenters.